The molecule has 0 fully saturated rings. The number of rotatable bonds is 7. The Morgan fingerprint density at radius 3 is 2.69 bits per heavy atom. The molecule has 164 valence electrons. The Labute approximate surface area is 183 Å². The van der Waals surface area contributed by atoms with E-state index in [1.807, 2.05) is 31.2 Å². The van der Waals surface area contributed by atoms with Gasteiger partial charge in [0.15, 0.2) is 0 Å². The average molecular weight is 435 g/mol. The molecule has 32 heavy (non-hydrogen) atoms. The third-order valence-electron chi connectivity index (χ3n) is 5.26. The first-order valence-corrected chi connectivity index (χ1v) is 10.0. The van der Waals surface area contributed by atoms with Crippen LogP contribution in [0, 0.1) is 10.1 Å². The van der Waals surface area contributed by atoms with Crippen LogP contribution in [0.5, 0.6) is 5.75 Å². The van der Waals surface area contributed by atoms with E-state index in [1.54, 1.807) is 17.9 Å². The first-order valence-electron chi connectivity index (χ1n) is 10.0. The summed E-state index contributed by atoms with van der Waals surface area (Å²) in [5.74, 6) is 0.484. The maximum absolute atomic E-state index is 12.6. The van der Waals surface area contributed by atoms with Crippen LogP contribution in [0.4, 0.5) is 17.2 Å². The molecule has 1 atom stereocenters. The van der Waals surface area contributed by atoms with Gasteiger partial charge in [-0.25, -0.2) is 4.68 Å². The van der Waals surface area contributed by atoms with E-state index < -0.39 is 16.9 Å². The fraction of sp³-hybridized carbons (Fsp3) is 0.227. The number of hydrogen-bond acceptors (Lipinski definition) is 6. The number of methoxy groups -OCH3 is 1. The van der Waals surface area contributed by atoms with Crippen molar-refractivity contribution in [3.63, 3.8) is 0 Å². The van der Waals surface area contributed by atoms with E-state index in [2.05, 4.69) is 15.7 Å². The van der Waals surface area contributed by atoms with Gasteiger partial charge in [-0.1, -0.05) is 25.1 Å². The van der Waals surface area contributed by atoms with Crippen molar-refractivity contribution < 1.29 is 19.2 Å². The summed E-state index contributed by atoms with van der Waals surface area (Å²) in [6, 6.07) is 12.3. The van der Waals surface area contributed by atoms with Gasteiger partial charge in [-0.15, -0.1) is 0 Å². The lowest BCUT2D eigenvalue weighted by atomic mass is 10.0. The van der Waals surface area contributed by atoms with Crippen molar-refractivity contribution in [2.24, 2.45) is 0 Å². The number of nitrogens with one attached hydrogen (secondary N) is 2. The quantitative estimate of drug-likeness (QED) is 0.431. The second-order valence-corrected chi connectivity index (χ2v) is 7.26. The highest BCUT2D eigenvalue weighted by molar-refractivity contribution is 6.04. The molecule has 0 radical (unpaired) electrons. The number of nitro benzene ring substituents is 1. The fourth-order valence-electron chi connectivity index (χ4n) is 3.71. The SMILES string of the molecule is CCc1nn2c(c1-c1ccc(OC)cc1)NC(=O)C2CC(=O)Nc1cccc([N+](=O)[O-])c1. The Bertz CT molecular complexity index is 1200. The first kappa shape index (κ1) is 21.0. The zero-order chi connectivity index (χ0) is 22.8. The fourth-order valence-corrected chi connectivity index (χ4v) is 3.71. The Kier molecular flexibility index (Phi) is 5.59. The number of carbonyl (C=O) groups is 2. The Balaban J connectivity index is 1.58. The summed E-state index contributed by atoms with van der Waals surface area (Å²) < 4.78 is 6.76. The molecule has 0 saturated heterocycles. The number of anilines is 2. The van der Waals surface area contributed by atoms with Crippen LogP contribution >= 0.6 is 0 Å². The summed E-state index contributed by atoms with van der Waals surface area (Å²) in [6.45, 7) is 1.97. The third-order valence-corrected chi connectivity index (χ3v) is 5.26. The molecular formula is C22H21N5O5. The van der Waals surface area contributed by atoms with Crippen LogP contribution in [0.2, 0.25) is 0 Å². The van der Waals surface area contributed by atoms with Crippen LogP contribution in [-0.2, 0) is 16.0 Å². The van der Waals surface area contributed by atoms with E-state index in [0.717, 1.165) is 22.6 Å². The molecule has 3 aromatic rings. The molecule has 10 nitrogen and oxygen atoms in total. The van der Waals surface area contributed by atoms with Gasteiger partial charge in [-0.2, -0.15) is 5.10 Å². The van der Waals surface area contributed by atoms with Crippen LogP contribution in [0.3, 0.4) is 0 Å². The number of aryl methyl sites for hydroxylation is 1. The standard InChI is InChI=1S/C22H21N5O5/c1-3-17-20(13-7-9-16(32-2)10-8-13)21-24-22(29)18(26(21)25-17)12-19(28)23-14-5-4-6-15(11-14)27(30)31/h4-11,18H,3,12H2,1-2H3,(H,23,28)(H,24,29). The van der Waals surface area contributed by atoms with Gasteiger partial charge in [-0.05, 0) is 30.2 Å². The van der Waals surface area contributed by atoms with Crippen molar-refractivity contribution in [3.05, 3.63) is 64.3 Å². The van der Waals surface area contributed by atoms with Crippen molar-refractivity contribution >= 4 is 29.0 Å². The summed E-state index contributed by atoms with van der Waals surface area (Å²) in [5.41, 5.74) is 2.65. The molecule has 1 unspecified atom stereocenters. The van der Waals surface area contributed by atoms with Gasteiger partial charge >= 0.3 is 0 Å². The molecule has 1 aliphatic heterocycles. The summed E-state index contributed by atoms with van der Waals surface area (Å²) >= 11 is 0. The lowest BCUT2D eigenvalue weighted by Crippen LogP contribution is -2.24. The molecule has 2 amide bonds. The number of carbonyl (C=O) groups excluding carboxylic acids is 2. The zero-order valence-corrected chi connectivity index (χ0v) is 17.5. The molecule has 2 N–H and O–H groups in total. The summed E-state index contributed by atoms with van der Waals surface area (Å²) in [6.07, 6.45) is 0.484. The number of hydrogen-bond donors (Lipinski definition) is 2. The summed E-state index contributed by atoms with van der Waals surface area (Å²) in [7, 11) is 1.59. The number of nitrogens with zero attached hydrogens (tertiary/aromatic N) is 3. The normalized spacial score (nSPS) is 14.6. The molecule has 0 saturated carbocycles. The number of benzene rings is 2. The van der Waals surface area contributed by atoms with E-state index in [1.165, 1.54) is 18.2 Å². The van der Waals surface area contributed by atoms with Crippen molar-refractivity contribution in [1.82, 2.24) is 9.78 Å². The van der Waals surface area contributed by atoms with E-state index >= 15 is 0 Å². The zero-order valence-electron chi connectivity index (χ0n) is 17.5. The Morgan fingerprint density at radius 2 is 2.03 bits per heavy atom. The largest absolute Gasteiger partial charge is 0.497 e. The van der Waals surface area contributed by atoms with Gasteiger partial charge in [0, 0.05) is 23.4 Å². The molecule has 2 aromatic carbocycles. The number of amides is 2. The molecule has 1 aliphatic rings. The van der Waals surface area contributed by atoms with Gasteiger partial charge in [0.25, 0.3) is 11.6 Å². The molecular weight excluding hydrogens is 414 g/mol. The number of ether oxygens (including phenoxy) is 1. The molecule has 0 spiro atoms. The average Bonchev–Trinajstić information content (AvgIpc) is 3.29. The highest BCUT2D eigenvalue weighted by Crippen LogP contribution is 2.39. The highest BCUT2D eigenvalue weighted by atomic mass is 16.6. The van der Waals surface area contributed by atoms with E-state index in [-0.39, 0.29) is 23.7 Å². The minimum Gasteiger partial charge on any atom is -0.497 e. The Hall–Kier alpha value is -4.21. The van der Waals surface area contributed by atoms with E-state index in [4.69, 9.17) is 4.74 Å². The molecule has 2 heterocycles. The molecule has 4 rings (SSSR count). The Morgan fingerprint density at radius 1 is 1.28 bits per heavy atom. The number of fused-ring (bicyclic) bond motifs is 1. The lowest BCUT2D eigenvalue weighted by molar-refractivity contribution is -0.384. The van der Waals surface area contributed by atoms with Crippen LogP contribution in [0.25, 0.3) is 11.1 Å². The minimum atomic E-state index is -0.819. The third kappa shape index (κ3) is 3.89. The van der Waals surface area contributed by atoms with Crippen molar-refractivity contribution in [3.8, 4) is 16.9 Å². The second-order valence-electron chi connectivity index (χ2n) is 7.26. The molecule has 0 bridgehead atoms. The van der Waals surface area contributed by atoms with Crippen LogP contribution in [-0.4, -0.2) is 33.6 Å². The van der Waals surface area contributed by atoms with E-state index in [9.17, 15) is 19.7 Å². The van der Waals surface area contributed by atoms with Crippen molar-refractivity contribution in [2.75, 3.05) is 17.7 Å². The van der Waals surface area contributed by atoms with Gasteiger partial charge in [-0.3, -0.25) is 19.7 Å². The van der Waals surface area contributed by atoms with Gasteiger partial charge in [0.1, 0.15) is 17.6 Å². The number of non-ortho nitro benzene ring substituents is 1. The molecule has 0 aliphatic carbocycles. The predicted octanol–water partition coefficient (Wildman–Crippen LogP) is 3.55. The van der Waals surface area contributed by atoms with Crippen LogP contribution < -0.4 is 15.4 Å². The second kappa shape index (κ2) is 8.50. The summed E-state index contributed by atoms with van der Waals surface area (Å²) in [5, 5.41) is 21.0. The number of nitro groups is 1. The molecule has 10 heteroatoms. The topological polar surface area (TPSA) is 128 Å². The maximum Gasteiger partial charge on any atom is 0.271 e. The van der Waals surface area contributed by atoms with Crippen molar-refractivity contribution in [2.45, 2.75) is 25.8 Å². The lowest BCUT2D eigenvalue weighted by Gasteiger charge is -2.10. The highest BCUT2D eigenvalue weighted by Gasteiger charge is 2.36. The predicted molar refractivity (Wildman–Crippen MR) is 118 cm³/mol. The van der Waals surface area contributed by atoms with Crippen molar-refractivity contribution in [1.29, 1.82) is 0 Å². The first-order chi connectivity index (χ1) is 15.4. The smallest absolute Gasteiger partial charge is 0.271 e. The van der Waals surface area contributed by atoms with Gasteiger partial charge in [0.05, 0.1) is 24.1 Å². The van der Waals surface area contributed by atoms with Gasteiger partial charge in [0.2, 0.25) is 5.91 Å². The number of aromatic nitrogens is 2. The minimum absolute atomic E-state index is 0.132. The van der Waals surface area contributed by atoms with E-state index in [0.29, 0.717) is 12.2 Å². The molecule has 1 aromatic heterocycles. The van der Waals surface area contributed by atoms with Crippen LogP contribution in [0.1, 0.15) is 25.1 Å². The van der Waals surface area contributed by atoms with Gasteiger partial charge < -0.3 is 15.4 Å². The maximum atomic E-state index is 12.6. The van der Waals surface area contributed by atoms with Crippen LogP contribution in [0.15, 0.2) is 48.5 Å². The monoisotopic (exact) mass is 435 g/mol. The summed E-state index contributed by atoms with van der Waals surface area (Å²) in [4.78, 5) is 35.6.